The average Bonchev–Trinajstić information content (AvgIpc) is 3.16. The Morgan fingerprint density at radius 3 is 2.83 bits per heavy atom. The number of hydrogen-bond donors (Lipinski definition) is 1. The number of aromatic nitrogens is 3. The summed E-state index contributed by atoms with van der Waals surface area (Å²) in [4.78, 5) is 8.26. The van der Waals surface area contributed by atoms with Crippen LogP contribution < -0.4 is 5.32 Å². The van der Waals surface area contributed by atoms with Gasteiger partial charge < -0.3 is 9.88 Å². The van der Waals surface area contributed by atoms with Gasteiger partial charge in [0.1, 0.15) is 0 Å². The van der Waals surface area contributed by atoms with Crippen molar-refractivity contribution in [1.29, 1.82) is 0 Å². The van der Waals surface area contributed by atoms with Gasteiger partial charge in [0.2, 0.25) is 0 Å². The van der Waals surface area contributed by atoms with Crippen LogP contribution in [0, 0.1) is 0 Å². The lowest BCUT2D eigenvalue weighted by molar-refractivity contribution is 0.620. The van der Waals surface area contributed by atoms with Crippen LogP contribution in [-0.4, -0.2) is 21.1 Å². The Morgan fingerprint density at radius 1 is 1.22 bits per heavy atom. The zero-order valence-corrected chi connectivity index (χ0v) is 10.4. The van der Waals surface area contributed by atoms with Crippen molar-refractivity contribution in [3.63, 3.8) is 0 Å². The SMILES string of the molecule is c1cc(CCNCc2cncn2C2CC2)ccn1. The number of nitrogens with one attached hydrogen (secondary N) is 1. The summed E-state index contributed by atoms with van der Waals surface area (Å²) in [5, 5.41) is 3.48. The summed E-state index contributed by atoms with van der Waals surface area (Å²) in [6.07, 6.45) is 11.3. The fourth-order valence-corrected chi connectivity index (χ4v) is 2.15. The zero-order valence-electron chi connectivity index (χ0n) is 10.4. The molecule has 0 saturated heterocycles. The molecule has 1 N–H and O–H groups in total. The number of imidazole rings is 1. The standard InChI is InChI=1S/C14H18N4/c1-2-13(1)18-11-17-10-14(18)9-16-8-5-12-3-6-15-7-4-12/h3-4,6-7,10-11,13,16H,1-2,5,8-9H2. The summed E-state index contributed by atoms with van der Waals surface area (Å²) < 4.78 is 2.30. The Bertz CT molecular complexity index is 488. The Kier molecular flexibility index (Phi) is 3.37. The number of hydrogen-bond acceptors (Lipinski definition) is 3. The van der Waals surface area contributed by atoms with Crippen molar-refractivity contribution in [2.75, 3.05) is 6.54 Å². The van der Waals surface area contributed by atoms with Gasteiger partial charge in [-0.1, -0.05) is 0 Å². The molecule has 0 unspecified atom stereocenters. The molecule has 18 heavy (non-hydrogen) atoms. The van der Waals surface area contributed by atoms with E-state index in [1.54, 1.807) is 0 Å². The maximum Gasteiger partial charge on any atom is 0.0951 e. The van der Waals surface area contributed by atoms with Crippen LogP contribution in [-0.2, 0) is 13.0 Å². The summed E-state index contributed by atoms with van der Waals surface area (Å²) >= 11 is 0. The predicted molar refractivity (Wildman–Crippen MR) is 70.1 cm³/mol. The molecule has 4 nitrogen and oxygen atoms in total. The van der Waals surface area contributed by atoms with Crippen LogP contribution in [0.3, 0.4) is 0 Å². The topological polar surface area (TPSA) is 42.7 Å². The lowest BCUT2D eigenvalue weighted by atomic mass is 10.2. The van der Waals surface area contributed by atoms with Crippen molar-refractivity contribution in [2.24, 2.45) is 0 Å². The Labute approximate surface area is 107 Å². The highest BCUT2D eigenvalue weighted by Crippen LogP contribution is 2.35. The number of nitrogens with zero attached hydrogens (tertiary/aromatic N) is 3. The predicted octanol–water partition coefficient (Wildman–Crippen LogP) is 1.95. The fraction of sp³-hybridized carbons (Fsp3) is 0.429. The largest absolute Gasteiger partial charge is 0.330 e. The third-order valence-electron chi connectivity index (χ3n) is 3.33. The van der Waals surface area contributed by atoms with E-state index in [4.69, 9.17) is 0 Å². The molecule has 1 aliphatic rings. The fourth-order valence-electron chi connectivity index (χ4n) is 2.15. The third kappa shape index (κ3) is 2.76. The molecule has 2 heterocycles. The molecule has 2 aromatic rings. The molecule has 0 amide bonds. The highest BCUT2D eigenvalue weighted by atomic mass is 15.1. The van der Waals surface area contributed by atoms with E-state index in [2.05, 4.69) is 32.0 Å². The van der Waals surface area contributed by atoms with E-state index in [1.165, 1.54) is 24.1 Å². The quantitative estimate of drug-likeness (QED) is 0.787. The monoisotopic (exact) mass is 242 g/mol. The summed E-state index contributed by atoms with van der Waals surface area (Å²) in [5.74, 6) is 0. The van der Waals surface area contributed by atoms with Gasteiger partial charge in [-0.2, -0.15) is 0 Å². The van der Waals surface area contributed by atoms with E-state index in [1.807, 2.05) is 24.9 Å². The lowest BCUT2D eigenvalue weighted by Gasteiger charge is -2.08. The van der Waals surface area contributed by atoms with Gasteiger partial charge in [-0.25, -0.2) is 4.98 Å². The Hall–Kier alpha value is -1.68. The molecule has 94 valence electrons. The van der Waals surface area contributed by atoms with Crippen molar-refractivity contribution < 1.29 is 0 Å². The van der Waals surface area contributed by atoms with E-state index < -0.39 is 0 Å². The van der Waals surface area contributed by atoms with E-state index in [-0.39, 0.29) is 0 Å². The maximum atomic E-state index is 4.23. The molecule has 3 rings (SSSR count). The van der Waals surface area contributed by atoms with E-state index in [0.29, 0.717) is 6.04 Å². The van der Waals surface area contributed by atoms with E-state index >= 15 is 0 Å². The van der Waals surface area contributed by atoms with Crippen LogP contribution in [0.4, 0.5) is 0 Å². The maximum absolute atomic E-state index is 4.23. The van der Waals surface area contributed by atoms with Crippen LogP contribution >= 0.6 is 0 Å². The molecule has 4 heteroatoms. The van der Waals surface area contributed by atoms with Crippen molar-refractivity contribution in [2.45, 2.75) is 31.8 Å². The first kappa shape index (κ1) is 11.4. The molecule has 0 spiro atoms. The first-order valence-electron chi connectivity index (χ1n) is 6.54. The second kappa shape index (κ2) is 5.31. The van der Waals surface area contributed by atoms with Gasteiger partial charge in [-0.05, 0) is 43.5 Å². The third-order valence-corrected chi connectivity index (χ3v) is 3.33. The van der Waals surface area contributed by atoms with Crippen LogP contribution in [0.2, 0.25) is 0 Å². The van der Waals surface area contributed by atoms with Crippen molar-refractivity contribution in [3.05, 3.63) is 48.3 Å². The minimum atomic E-state index is 0.712. The molecule has 2 aromatic heterocycles. The number of pyridine rings is 1. The van der Waals surface area contributed by atoms with Gasteiger partial charge in [-0.15, -0.1) is 0 Å². The molecule has 0 aromatic carbocycles. The van der Waals surface area contributed by atoms with Crippen molar-refractivity contribution >= 4 is 0 Å². The van der Waals surface area contributed by atoms with Gasteiger partial charge in [-0.3, -0.25) is 4.98 Å². The molecule has 1 saturated carbocycles. The number of rotatable bonds is 6. The zero-order chi connectivity index (χ0) is 12.2. The van der Waals surface area contributed by atoms with Gasteiger partial charge in [0, 0.05) is 31.2 Å². The highest BCUT2D eigenvalue weighted by Gasteiger charge is 2.24. The molecule has 0 aliphatic heterocycles. The Balaban J connectivity index is 1.45. The van der Waals surface area contributed by atoms with Gasteiger partial charge in [0.25, 0.3) is 0 Å². The average molecular weight is 242 g/mol. The molecule has 1 fully saturated rings. The van der Waals surface area contributed by atoms with Crippen molar-refractivity contribution in [1.82, 2.24) is 19.9 Å². The normalized spacial score (nSPS) is 14.9. The minimum absolute atomic E-state index is 0.712. The van der Waals surface area contributed by atoms with Crippen LogP contribution in [0.1, 0.15) is 30.1 Å². The molecule has 0 bridgehead atoms. The first-order valence-corrected chi connectivity index (χ1v) is 6.54. The smallest absolute Gasteiger partial charge is 0.0951 e. The van der Waals surface area contributed by atoms with Gasteiger partial charge >= 0.3 is 0 Å². The summed E-state index contributed by atoms with van der Waals surface area (Å²) in [5.41, 5.74) is 2.63. The molecule has 1 aliphatic carbocycles. The molecule has 0 radical (unpaired) electrons. The van der Waals surface area contributed by atoms with Crippen LogP contribution in [0.15, 0.2) is 37.1 Å². The highest BCUT2D eigenvalue weighted by molar-refractivity contribution is 5.10. The summed E-state index contributed by atoms with van der Waals surface area (Å²) in [6.45, 7) is 1.89. The Morgan fingerprint density at radius 2 is 2.06 bits per heavy atom. The van der Waals surface area contributed by atoms with Crippen molar-refractivity contribution in [3.8, 4) is 0 Å². The summed E-state index contributed by atoms with van der Waals surface area (Å²) in [6, 6.07) is 4.84. The minimum Gasteiger partial charge on any atom is -0.330 e. The summed E-state index contributed by atoms with van der Waals surface area (Å²) in [7, 11) is 0. The van der Waals surface area contributed by atoms with Gasteiger partial charge in [0.05, 0.1) is 12.0 Å². The van der Waals surface area contributed by atoms with Gasteiger partial charge in [0.15, 0.2) is 0 Å². The first-order chi connectivity index (χ1) is 8.93. The molecular formula is C14H18N4. The molecular weight excluding hydrogens is 224 g/mol. The van der Waals surface area contributed by atoms with E-state index in [9.17, 15) is 0 Å². The molecule has 0 atom stereocenters. The van der Waals surface area contributed by atoms with E-state index in [0.717, 1.165) is 19.5 Å². The lowest BCUT2D eigenvalue weighted by Crippen LogP contribution is -2.18. The second-order valence-corrected chi connectivity index (χ2v) is 4.81. The van der Waals surface area contributed by atoms with Crippen LogP contribution in [0.25, 0.3) is 0 Å². The van der Waals surface area contributed by atoms with Crippen LogP contribution in [0.5, 0.6) is 0 Å². The second-order valence-electron chi connectivity index (χ2n) is 4.81.